The lowest BCUT2D eigenvalue weighted by Gasteiger charge is -2.28. The third-order valence-corrected chi connectivity index (χ3v) is 8.56. The molecule has 0 spiro atoms. The number of aromatic nitrogens is 3. The average Bonchev–Trinajstić information content (AvgIpc) is 3.72. The van der Waals surface area contributed by atoms with Crippen LogP contribution in [0.25, 0.3) is 5.69 Å². The van der Waals surface area contributed by atoms with Crippen molar-refractivity contribution < 1.29 is 27.4 Å². The number of alkyl halides is 3. The van der Waals surface area contributed by atoms with E-state index in [1.54, 1.807) is 17.7 Å². The molecule has 0 unspecified atom stereocenters. The van der Waals surface area contributed by atoms with Gasteiger partial charge >= 0.3 is 6.18 Å². The van der Waals surface area contributed by atoms with Crippen molar-refractivity contribution in [2.75, 3.05) is 19.5 Å². The quantitative estimate of drug-likeness (QED) is 0.339. The number of thioether (sulfide) groups is 1. The highest BCUT2D eigenvalue weighted by Crippen LogP contribution is 2.42. The number of benzene rings is 2. The zero-order valence-corrected chi connectivity index (χ0v) is 22.5. The first-order valence-electron chi connectivity index (χ1n) is 13.1. The molecular weight excluding hydrogens is 529 g/mol. The molecule has 3 aromatic rings. The van der Waals surface area contributed by atoms with E-state index in [2.05, 4.69) is 15.5 Å². The van der Waals surface area contributed by atoms with Crippen LogP contribution in [0.3, 0.4) is 0 Å². The third kappa shape index (κ3) is 5.94. The van der Waals surface area contributed by atoms with Crippen molar-refractivity contribution in [2.45, 2.75) is 67.9 Å². The summed E-state index contributed by atoms with van der Waals surface area (Å²) in [6, 6.07) is 12.6. The Labute approximate surface area is 229 Å². The topological polar surface area (TPSA) is 78.3 Å². The Bertz CT molecular complexity index is 1280. The second kappa shape index (κ2) is 11.6. The fourth-order valence-corrected chi connectivity index (χ4v) is 6.43. The molecule has 0 radical (unpaired) electrons. The minimum atomic E-state index is -4.49. The van der Waals surface area contributed by atoms with Gasteiger partial charge in [0.2, 0.25) is 5.91 Å². The summed E-state index contributed by atoms with van der Waals surface area (Å²) in [5, 5.41) is 12.1. The molecule has 1 amide bonds. The van der Waals surface area contributed by atoms with Crippen LogP contribution < -0.4 is 10.1 Å². The van der Waals surface area contributed by atoms with Crippen LogP contribution in [0, 0.1) is 0 Å². The van der Waals surface area contributed by atoms with Crippen LogP contribution >= 0.6 is 11.8 Å². The number of amides is 1. The van der Waals surface area contributed by atoms with Crippen molar-refractivity contribution in [3.8, 4) is 11.4 Å². The summed E-state index contributed by atoms with van der Waals surface area (Å²) in [6.07, 6.45) is 0.795. The van der Waals surface area contributed by atoms with E-state index in [9.17, 15) is 18.0 Å². The second-order valence-corrected chi connectivity index (χ2v) is 10.9. The van der Waals surface area contributed by atoms with E-state index in [4.69, 9.17) is 9.47 Å². The van der Waals surface area contributed by atoms with Gasteiger partial charge in [-0.25, -0.2) is 0 Å². The van der Waals surface area contributed by atoms with Crippen LogP contribution in [-0.2, 0) is 27.7 Å². The highest BCUT2D eigenvalue weighted by atomic mass is 32.2. The molecule has 2 aromatic carbocycles. The van der Waals surface area contributed by atoms with Gasteiger partial charge in [-0.15, -0.1) is 10.2 Å². The van der Waals surface area contributed by atoms with E-state index in [0.717, 1.165) is 49.1 Å². The summed E-state index contributed by atoms with van der Waals surface area (Å²) in [5.41, 5.74) is -0.224. The Morgan fingerprint density at radius 3 is 2.59 bits per heavy atom. The maximum atomic E-state index is 13.7. The zero-order chi connectivity index (χ0) is 27.5. The molecule has 2 aliphatic rings. The van der Waals surface area contributed by atoms with Gasteiger partial charge in [0.25, 0.3) is 0 Å². The van der Waals surface area contributed by atoms with E-state index in [-0.39, 0.29) is 18.6 Å². The normalized spacial score (nSPS) is 18.8. The Balaban J connectivity index is 1.41. The van der Waals surface area contributed by atoms with Gasteiger partial charge in [0, 0.05) is 12.4 Å². The summed E-state index contributed by atoms with van der Waals surface area (Å²) in [6.45, 7) is 0.735. The lowest BCUT2D eigenvalue weighted by atomic mass is 9.78. The van der Waals surface area contributed by atoms with Crippen LogP contribution in [0.2, 0.25) is 0 Å². The van der Waals surface area contributed by atoms with Crippen molar-refractivity contribution in [3.63, 3.8) is 0 Å². The van der Waals surface area contributed by atoms with Gasteiger partial charge in [-0.1, -0.05) is 42.8 Å². The molecule has 1 aromatic heterocycles. The maximum absolute atomic E-state index is 13.7. The van der Waals surface area contributed by atoms with Crippen molar-refractivity contribution in [3.05, 3.63) is 65.5 Å². The van der Waals surface area contributed by atoms with Crippen molar-refractivity contribution in [1.82, 2.24) is 20.1 Å². The molecule has 39 heavy (non-hydrogen) atoms. The molecule has 1 aliphatic carbocycles. The van der Waals surface area contributed by atoms with E-state index in [0.29, 0.717) is 41.9 Å². The summed E-state index contributed by atoms with van der Waals surface area (Å²) in [4.78, 5) is 13.7. The monoisotopic (exact) mass is 560 g/mol. The standard InChI is InChI=1S/C28H31F3N4O3S/c1-37-22-11-9-19(10-12-22)27(13-2-3-14-27)25(36)32-17-24-33-34-26(39-18-23-8-5-15-38-23)35(24)21-7-4-6-20(16-21)28(29,30)31/h4,6-7,9-12,16,23H,2-3,5,8,13-15,17-18H2,1H3,(H,32,36)/t23-/m0/s1. The first-order valence-corrected chi connectivity index (χ1v) is 14.1. The molecular formula is C28H31F3N4O3S. The molecule has 0 bridgehead atoms. The number of halogens is 3. The summed E-state index contributed by atoms with van der Waals surface area (Å²) < 4.78 is 53.1. The molecule has 1 N–H and O–H groups in total. The number of methoxy groups -OCH3 is 1. The number of hydrogen-bond acceptors (Lipinski definition) is 6. The first kappa shape index (κ1) is 27.5. The van der Waals surface area contributed by atoms with E-state index >= 15 is 0 Å². The number of nitrogens with one attached hydrogen (secondary N) is 1. The van der Waals surface area contributed by atoms with Gasteiger partial charge in [-0.2, -0.15) is 13.2 Å². The maximum Gasteiger partial charge on any atom is 0.416 e. The van der Waals surface area contributed by atoms with Crippen LogP contribution in [0.15, 0.2) is 53.7 Å². The molecule has 1 saturated heterocycles. The van der Waals surface area contributed by atoms with Gasteiger partial charge in [0.15, 0.2) is 11.0 Å². The Hall–Kier alpha value is -3.05. The largest absolute Gasteiger partial charge is 0.497 e. The number of rotatable bonds is 9. The van der Waals surface area contributed by atoms with Crippen LogP contribution in [0.5, 0.6) is 5.75 Å². The molecule has 11 heteroatoms. The average molecular weight is 561 g/mol. The first-order chi connectivity index (χ1) is 18.8. The Morgan fingerprint density at radius 1 is 1.15 bits per heavy atom. The third-order valence-electron chi connectivity index (χ3n) is 7.50. The van der Waals surface area contributed by atoms with E-state index in [1.165, 1.54) is 17.8 Å². The summed E-state index contributed by atoms with van der Waals surface area (Å²) >= 11 is 1.39. The minimum absolute atomic E-state index is 0.0282. The highest BCUT2D eigenvalue weighted by Gasteiger charge is 2.42. The number of hydrogen-bond donors (Lipinski definition) is 1. The second-order valence-electron chi connectivity index (χ2n) is 9.93. The van der Waals surface area contributed by atoms with Gasteiger partial charge in [-0.05, 0) is 61.6 Å². The molecule has 5 rings (SSSR count). The van der Waals surface area contributed by atoms with Crippen LogP contribution in [-0.4, -0.2) is 46.2 Å². The fourth-order valence-electron chi connectivity index (χ4n) is 5.40. The lowest BCUT2D eigenvalue weighted by Crippen LogP contribution is -2.42. The van der Waals surface area contributed by atoms with Gasteiger partial charge in [-0.3, -0.25) is 9.36 Å². The predicted molar refractivity (Wildman–Crippen MR) is 141 cm³/mol. The SMILES string of the molecule is COc1ccc(C2(C(=O)NCc3nnc(SC[C@@H]4CCCO4)n3-c3cccc(C(F)(F)F)c3)CCCC2)cc1. The zero-order valence-electron chi connectivity index (χ0n) is 21.7. The summed E-state index contributed by atoms with van der Waals surface area (Å²) in [7, 11) is 1.60. The number of carbonyl (C=O) groups excluding carboxylic acids is 1. The molecule has 1 atom stereocenters. The van der Waals surface area contributed by atoms with E-state index in [1.807, 2.05) is 24.3 Å². The van der Waals surface area contributed by atoms with Gasteiger partial charge < -0.3 is 14.8 Å². The van der Waals surface area contributed by atoms with Gasteiger partial charge in [0.05, 0.1) is 36.4 Å². The minimum Gasteiger partial charge on any atom is -0.497 e. The van der Waals surface area contributed by atoms with Crippen molar-refractivity contribution in [1.29, 1.82) is 0 Å². The molecule has 2 fully saturated rings. The molecule has 2 heterocycles. The Kier molecular flexibility index (Phi) is 8.18. The van der Waals surface area contributed by atoms with Crippen molar-refractivity contribution >= 4 is 17.7 Å². The van der Waals surface area contributed by atoms with Crippen LogP contribution in [0.1, 0.15) is 55.5 Å². The van der Waals surface area contributed by atoms with Crippen LogP contribution in [0.4, 0.5) is 13.2 Å². The highest BCUT2D eigenvalue weighted by molar-refractivity contribution is 7.99. The number of ether oxygens (including phenoxy) is 2. The summed E-state index contributed by atoms with van der Waals surface area (Å²) in [5.74, 6) is 1.57. The fraction of sp³-hybridized carbons (Fsp3) is 0.464. The van der Waals surface area contributed by atoms with Crippen molar-refractivity contribution in [2.24, 2.45) is 0 Å². The molecule has 208 valence electrons. The Morgan fingerprint density at radius 2 is 1.92 bits per heavy atom. The number of carbonyl (C=O) groups is 1. The smallest absolute Gasteiger partial charge is 0.416 e. The lowest BCUT2D eigenvalue weighted by molar-refractivity contribution is -0.137. The predicted octanol–water partition coefficient (Wildman–Crippen LogP) is 5.69. The number of nitrogens with zero attached hydrogens (tertiary/aromatic N) is 3. The molecule has 7 nitrogen and oxygen atoms in total. The van der Waals surface area contributed by atoms with E-state index < -0.39 is 17.2 Å². The molecule has 1 aliphatic heterocycles. The van der Waals surface area contributed by atoms with Gasteiger partial charge in [0.1, 0.15) is 5.75 Å². The molecule has 1 saturated carbocycles.